The SMILES string of the molecule is COc1ccc(F)cc1CSc1nc2ccccc2c(=O)n1-c1ncccc1C. The molecule has 0 radical (unpaired) electrons. The molecule has 0 fully saturated rings. The molecule has 2 aromatic carbocycles. The van der Waals surface area contributed by atoms with Crippen LogP contribution < -0.4 is 10.3 Å². The topological polar surface area (TPSA) is 57.0 Å². The van der Waals surface area contributed by atoms with Crippen LogP contribution in [0.1, 0.15) is 11.1 Å². The third-order valence-electron chi connectivity index (χ3n) is 4.54. The number of benzene rings is 2. The van der Waals surface area contributed by atoms with Crippen molar-refractivity contribution in [3.8, 4) is 11.6 Å². The van der Waals surface area contributed by atoms with Gasteiger partial charge in [-0.3, -0.25) is 4.79 Å². The fourth-order valence-corrected chi connectivity index (χ4v) is 4.08. The van der Waals surface area contributed by atoms with E-state index in [0.717, 1.165) is 5.56 Å². The van der Waals surface area contributed by atoms with Gasteiger partial charge < -0.3 is 4.74 Å². The van der Waals surface area contributed by atoms with Crippen molar-refractivity contribution in [2.75, 3.05) is 7.11 Å². The van der Waals surface area contributed by atoms with Gasteiger partial charge in [0, 0.05) is 17.5 Å². The number of fused-ring (bicyclic) bond motifs is 1. The van der Waals surface area contributed by atoms with Crippen molar-refractivity contribution in [1.82, 2.24) is 14.5 Å². The van der Waals surface area contributed by atoms with Gasteiger partial charge in [0.1, 0.15) is 17.4 Å². The molecule has 4 rings (SSSR count). The molecule has 0 unspecified atom stereocenters. The van der Waals surface area contributed by atoms with Crippen LogP contribution in [-0.2, 0) is 5.75 Å². The maximum absolute atomic E-state index is 13.7. The Kier molecular flexibility index (Phi) is 5.31. The first-order valence-corrected chi connectivity index (χ1v) is 9.96. The maximum atomic E-state index is 13.7. The van der Waals surface area contributed by atoms with Crippen molar-refractivity contribution >= 4 is 22.7 Å². The van der Waals surface area contributed by atoms with Crippen LogP contribution in [0.25, 0.3) is 16.7 Å². The molecule has 0 saturated heterocycles. The van der Waals surface area contributed by atoms with Crippen LogP contribution in [0.3, 0.4) is 0 Å². The summed E-state index contributed by atoms with van der Waals surface area (Å²) >= 11 is 1.34. The average Bonchev–Trinajstić information content (AvgIpc) is 2.73. The summed E-state index contributed by atoms with van der Waals surface area (Å²) in [6.45, 7) is 1.90. The summed E-state index contributed by atoms with van der Waals surface area (Å²) in [5, 5.41) is 1.01. The zero-order chi connectivity index (χ0) is 20.4. The minimum Gasteiger partial charge on any atom is -0.496 e. The van der Waals surface area contributed by atoms with E-state index in [0.29, 0.717) is 38.9 Å². The maximum Gasteiger partial charge on any atom is 0.267 e. The van der Waals surface area contributed by atoms with E-state index in [2.05, 4.69) is 4.98 Å². The summed E-state index contributed by atoms with van der Waals surface area (Å²) in [5.74, 6) is 1.16. The monoisotopic (exact) mass is 407 g/mol. The van der Waals surface area contributed by atoms with Gasteiger partial charge in [0.05, 0.1) is 18.0 Å². The van der Waals surface area contributed by atoms with Crippen LogP contribution in [0, 0.1) is 12.7 Å². The van der Waals surface area contributed by atoms with Gasteiger partial charge in [-0.1, -0.05) is 30.0 Å². The Labute approximate surface area is 171 Å². The Hall–Kier alpha value is -3.19. The highest BCUT2D eigenvalue weighted by molar-refractivity contribution is 7.98. The Morgan fingerprint density at radius 2 is 1.97 bits per heavy atom. The normalized spacial score (nSPS) is 11.0. The van der Waals surface area contributed by atoms with E-state index in [-0.39, 0.29) is 11.4 Å². The molecule has 29 heavy (non-hydrogen) atoms. The molecule has 2 aromatic heterocycles. The standard InChI is InChI=1S/C22H18FN3O2S/c1-14-6-5-11-24-20(14)26-21(27)17-7-3-4-8-18(17)25-22(26)29-13-15-12-16(23)9-10-19(15)28-2/h3-12H,13H2,1-2H3. The van der Waals surface area contributed by atoms with E-state index in [9.17, 15) is 9.18 Å². The fraction of sp³-hybridized carbons (Fsp3) is 0.136. The second-order valence-corrected chi connectivity index (χ2v) is 7.38. The number of pyridine rings is 1. The third-order valence-corrected chi connectivity index (χ3v) is 5.53. The number of hydrogen-bond acceptors (Lipinski definition) is 5. The summed E-state index contributed by atoms with van der Waals surface area (Å²) in [5.41, 5.74) is 1.96. The van der Waals surface area contributed by atoms with Crippen molar-refractivity contribution in [3.63, 3.8) is 0 Å². The van der Waals surface area contributed by atoms with Gasteiger partial charge in [-0.25, -0.2) is 18.9 Å². The van der Waals surface area contributed by atoms with Gasteiger partial charge in [-0.05, 0) is 48.9 Å². The molecule has 2 heterocycles. The Balaban J connectivity index is 1.85. The molecule has 0 spiro atoms. The molecule has 0 N–H and O–H groups in total. The molecular formula is C22H18FN3O2S. The highest BCUT2D eigenvalue weighted by Crippen LogP contribution is 2.29. The first-order valence-electron chi connectivity index (χ1n) is 8.97. The van der Waals surface area contributed by atoms with Crippen molar-refractivity contribution in [3.05, 3.63) is 88.1 Å². The number of rotatable bonds is 5. The van der Waals surface area contributed by atoms with E-state index in [1.54, 1.807) is 31.5 Å². The minimum atomic E-state index is -0.342. The molecule has 0 aliphatic carbocycles. The lowest BCUT2D eigenvalue weighted by atomic mass is 10.2. The zero-order valence-electron chi connectivity index (χ0n) is 15.9. The Morgan fingerprint density at radius 3 is 2.76 bits per heavy atom. The number of thioether (sulfide) groups is 1. The predicted octanol–water partition coefficient (Wildman–Crippen LogP) is 4.53. The lowest BCUT2D eigenvalue weighted by Crippen LogP contribution is -2.23. The number of nitrogens with zero attached hydrogens (tertiary/aromatic N) is 3. The smallest absolute Gasteiger partial charge is 0.267 e. The summed E-state index contributed by atoms with van der Waals surface area (Å²) < 4.78 is 20.6. The van der Waals surface area contributed by atoms with Crippen LogP contribution in [0.2, 0.25) is 0 Å². The molecular weight excluding hydrogens is 389 g/mol. The van der Waals surface area contributed by atoms with Crippen molar-refractivity contribution in [2.45, 2.75) is 17.8 Å². The number of aromatic nitrogens is 3. The lowest BCUT2D eigenvalue weighted by molar-refractivity contribution is 0.410. The molecule has 5 nitrogen and oxygen atoms in total. The summed E-state index contributed by atoms with van der Waals surface area (Å²) in [6.07, 6.45) is 1.65. The van der Waals surface area contributed by atoms with E-state index >= 15 is 0 Å². The minimum absolute atomic E-state index is 0.189. The number of methoxy groups -OCH3 is 1. The first kappa shape index (κ1) is 19.1. The van der Waals surface area contributed by atoms with Gasteiger partial charge in [0.2, 0.25) is 0 Å². The van der Waals surface area contributed by atoms with Gasteiger partial charge in [-0.2, -0.15) is 0 Å². The first-order chi connectivity index (χ1) is 14.1. The second-order valence-electron chi connectivity index (χ2n) is 6.44. The molecule has 4 aromatic rings. The van der Waals surface area contributed by atoms with Crippen LogP contribution in [0.4, 0.5) is 4.39 Å². The number of halogens is 1. The molecule has 0 aliphatic rings. The second kappa shape index (κ2) is 8.05. The van der Waals surface area contributed by atoms with Crippen LogP contribution in [-0.4, -0.2) is 21.6 Å². The van der Waals surface area contributed by atoms with Crippen molar-refractivity contribution in [2.24, 2.45) is 0 Å². The Morgan fingerprint density at radius 1 is 1.14 bits per heavy atom. The highest BCUT2D eigenvalue weighted by Gasteiger charge is 2.16. The number of ether oxygens (including phenoxy) is 1. The zero-order valence-corrected chi connectivity index (χ0v) is 16.7. The van der Waals surface area contributed by atoms with Crippen LogP contribution >= 0.6 is 11.8 Å². The molecule has 0 atom stereocenters. The number of para-hydroxylation sites is 1. The molecule has 0 aliphatic heterocycles. The molecule has 146 valence electrons. The van der Waals surface area contributed by atoms with Gasteiger partial charge in [0.15, 0.2) is 5.16 Å². The molecule has 0 bridgehead atoms. The summed E-state index contributed by atoms with van der Waals surface area (Å²) in [4.78, 5) is 22.4. The van der Waals surface area contributed by atoms with Gasteiger partial charge in [0.25, 0.3) is 5.56 Å². The van der Waals surface area contributed by atoms with Gasteiger partial charge >= 0.3 is 0 Å². The average molecular weight is 407 g/mol. The molecule has 0 amide bonds. The largest absolute Gasteiger partial charge is 0.496 e. The van der Waals surface area contributed by atoms with E-state index in [1.807, 2.05) is 31.2 Å². The third kappa shape index (κ3) is 3.73. The lowest BCUT2D eigenvalue weighted by Gasteiger charge is -2.14. The number of aryl methyl sites for hydroxylation is 1. The van der Waals surface area contributed by atoms with E-state index < -0.39 is 0 Å². The summed E-state index contributed by atoms with van der Waals surface area (Å²) in [7, 11) is 1.54. The molecule has 7 heteroatoms. The fourth-order valence-electron chi connectivity index (χ4n) is 3.11. The van der Waals surface area contributed by atoms with Crippen LogP contribution in [0.5, 0.6) is 5.75 Å². The van der Waals surface area contributed by atoms with Crippen LogP contribution in [0.15, 0.2) is 70.7 Å². The highest BCUT2D eigenvalue weighted by atomic mass is 32.2. The van der Waals surface area contributed by atoms with Gasteiger partial charge in [-0.15, -0.1) is 0 Å². The van der Waals surface area contributed by atoms with Crippen molar-refractivity contribution < 1.29 is 9.13 Å². The molecule has 0 saturated carbocycles. The summed E-state index contributed by atoms with van der Waals surface area (Å²) in [6, 6.07) is 15.3. The Bertz CT molecular complexity index is 1260. The quantitative estimate of drug-likeness (QED) is 0.359. The van der Waals surface area contributed by atoms with E-state index in [1.165, 1.54) is 28.5 Å². The van der Waals surface area contributed by atoms with E-state index in [4.69, 9.17) is 9.72 Å². The predicted molar refractivity (Wildman–Crippen MR) is 112 cm³/mol. The number of hydrogen-bond donors (Lipinski definition) is 0. The van der Waals surface area contributed by atoms with Crippen molar-refractivity contribution in [1.29, 1.82) is 0 Å².